The van der Waals surface area contributed by atoms with Crippen LogP contribution in [-0.2, 0) is 4.74 Å². The molecule has 2 aliphatic rings. The number of nitrogens with zero attached hydrogens (tertiary/aromatic N) is 2. The van der Waals surface area contributed by atoms with Crippen LogP contribution in [0.4, 0.5) is 0 Å². The van der Waals surface area contributed by atoms with Crippen molar-refractivity contribution in [2.45, 2.75) is 57.8 Å². The second kappa shape index (κ2) is 5.94. The van der Waals surface area contributed by atoms with Crippen molar-refractivity contribution in [3.63, 3.8) is 0 Å². The first kappa shape index (κ1) is 13.6. The molecule has 3 atom stereocenters. The molecule has 2 aliphatic carbocycles. The molecule has 0 aliphatic heterocycles. The third-order valence-corrected chi connectivity index (χ3v) is 4.78. The summed E-state index contributed by atoms with van der Waals surface area (Å²) < 4.78 is 10.4. The lowest BCUT2D eigenvalue weighted by molar-refractivity contribution is 0.0476. The summed E-state index contributed by atoms with van der Waals surface area (Å²) in [6.07, 6.45) is 8.95. The van der Waals surface area contributed by atoms with E-state index < -0.39 is 5.97 Å². The Hall–Kier alpha value is -1.39. The zero-order valence-corrected chi connectivity index (χ0v) is 12.0. The maximum Gasteiger partial charge on any atom is 0.396 e. The first-order valence-electron chi connectivity index (χ1n) is 7.78. The molecule has 0 bridgehead atoms. The van der Waals surface area contributed by atoms with Gasteiger partial charge in [0.2, 0.25) is 5.89 Å². The van der Waals surface area contributed by atoms with Crippen LogP contribution in [0.5, 0.6) is 0 Å². The largest absolute Gasteiger partial charge is 0.459 e. The molecule has 5 heteroatoms. The number of rotatable bonds is 3. The summed E-state index contributed by atoms with van der Waals surface area (Å²) in [6.45, 7) is 2.09. The Bertz CT molecular complexity index is 471. The molecule has 0 N–H and O–H groups in total. The number of carbonyl (C=O) groups excluding carboxylic acids is 1. The molecular formula is C15H22N2O3. The lowest BCUT2D eigenvalue weighted by Crippen LogP contribution is -2.26. The van der Waals surface area contributed by atoms with Crippen LogP contribution >= 0.6 is 0 Å². The average Bonchev–Trinajstić information content (AvgIpc) is 2.97. The highest BCUT2D eigenvalue weighted by Crippen LogP contribution is 2.45. The van der Waals surface area contributed by atoms with Gasteiger partial charge in [-0.15, -0.1) is 10.2 Å². The smallest absolute Gasteiger partial charge is 0.396 e. The number of fused-ring (bicyclic) bond motifs is 1. The molecule has 0 aromatic carbocycles. The van der Waals surface area contributed by atoms with E-state index in [4.69, 9.17) is 9.15 Å². The molecule has 0 amide bonds. The predicted molar refractivity (Wildman–Crippen MR) is 72.3 cm³/mol. The topological polar surface area (TPSA) is 65.2 Å². The van der Waals surface area contributed by atoms with Crippen LogP contribution in [0.1, 0.15) is 74.4 Å². The van der Waals surface area contributed by atoms with E-state index in [1.54, 1.807) is 6.92 Å². The van der Waals surface area contributed by atoms with E-state index in [9.17, 15) is 4.79 Å². The Morgan fingerprint density at radius 3 is 2.80 bits per heavy atom. The molecule has 110 valence electrons. The van der Waals surface area contributed by atoms with Crippen LogP contribution < -0.4 is 0 Å². The highest BCUT2D eigenvalue weighted by molar-refractivity contribution is 5.83. The second-order valence-electron chi connectivity index (χ2n) is 5.98. The second-order valence-corrected chi connectivity index (χ2v) is 5.98. The number of carbonyl (C=O) groups is 1. The fraction of sp³-hybridized carbons (Fsp3) is 0.800. The van der Waals surface area contributed by atoms with Crippen molar-refractivity contribution < 1.29 is 13.9 Å². The van der Waals surface area contributed by atoms with E-state index in [0.29, 0.717) is 18.4 Å². The first-order valence-corrected chi connectivity index (χ1v) is 7.78. The number of aromatic nitrogens is 2. The van der Waals surface area contributed by atoms with Gasteiger partial charge in [0.15, 0.2) is 0 Å². The first-order chi connectivity index (χ1) is 9.78. The average molecular weight is 278 g/mol. The summed E-state index contributed by atoms with van der Waals surface area (Å²) in [5, 5.41) is 7.89. The zero-order chi connectivity index (χ0) is 13.9. The number of esters is 1. The molecule has 1 aromatic heterocycles. The Morgan fingerprint density at radius 2 is 2.00 bits per heavy atom. The van der Waals surface area contributed by atoms with Gasteiger partial charge in [-0.1, -0.05) is 25.7 Å². The van der Waals surface area contributed by atoms with Crippen LogP contribution in [0.15, 0.2) is 4.42 Å². The lowest BCUT2D eigenvalue weighted by atomic mass is 9.67. The van der Waals surface area contributed by atoms with Gasteiger partial charge in [0.25, 0.3) is 0 Å². The van der Waals surface area contributed by atoms with E-state index in [-0.39, 0.29) is 5.89 Å². The van der Waals surface area contributed by atoms with E-state index in [1.165, 1.54) is 32.1 Å². The highest BCUT2D eigenvalue weighted by atomic mass is 16.5. The van der Waals surface area contributed by atoms with E-state index in [0.717, 1.165) is 24.7 Å². The van der Waals surface area contributed by atoms with Crippen LogP contribution in [0.2, 0.25) is 0 Å². The number of hydrogen-bond acceptors (Lipinski definition) is 5. The summed E-state index contributed by atoms with van der Waals surface area (Å²) in [5.41, 5.74) is 0. The molecule has 0 saturated heterocycles. The molecule has 2 fully saturated rings. The van der Waals surface area contributed by atoms with Gasteiger partial charge in [-0.2, -0.15) is 0 Å². The van der Waals surface area contributed by atoms with E-state index in [1.807, 2.05) is 0 Å². The summed E-state index contributed by atoms with van der Waals surface area (Å²) >= 11 is 0. The monoisotopic (exact) mass is 278 g/mol. The minimum Gasteiger partial charge on any atom is -0.459 e. The van der Waals surface area contributed by atoms with Gasteiger partial charge in [0, 0.05) is 5.92 Å². The molecule has 0 radical (unpaired) electrons. The lowest BCUT2D eigenvalue weighted by Gasteiger charge is -2.38. The molecule has 3 rings (SSSR count). The maximum atomic E-state index is 11.6. The standard InChI is InChI=1S/C15H22N2O3/c1-2-19-15(18)14-17-16-13(20-14)12-8-7-10-5-3-4-6-11(10)9-12/h10-12H,2-9H2,1H3. The molecule has 1 aromatic rings. The van der Waals surface area contributed by atoms with Crippen molar-refractivity contribution in [2.24, 2.45) is 11.8 Å². The third-order valence-electron chi connectivity index (χ3n) is 4.78. The van der Waals surface area contributed by atoms with Gasteiger partial charge in [0.1, 0.15) is 0 Å². The SMILES string of the molecule is CCOC(=O)c1nnc(C2CCC3CCCCC3C2)o1. The molecule has 1 heterocycles. The summed E-state index contributed by atoms with van der Waals surface area (Å²) in [6, 6.07) is 0. The van der Waals surface area contributed by atoms with Crippen molar-refractivity contribution >= 4 is 5.97 Å². The van der Waals surface area contributed by atoms with Gasteiger partial charge < -0.3 is 9.15 Å². The maximum absolute atomic E-state index is 11.6. The highest BCUT2D eigenvalue weighted by Gasteiger charge is 2.35. The van der Waals surface area contributed by atoms with Crippen LogP contribution in [-0.4, -0.2) is 22.8 Å². The molecule has 2 saturated carbocycles. The predicted octanol–water partition coefficient (Wildman–Crippen LogP) is 3.32. The summed E-state index contributed by atoms with van der Waals surface area (Å²) in [5.74, 6) is 2.13. The Kier molecular flexibility index (Phi) is 4.03. The molecule has 3 unspecified atom stereocenters. The molecule has 20 heavy (non-hydrogen) atoms. The number of hydrogen-bond donors (Lipinski definition) is 0. The Morgan fingerprint density at radius 1 is 1.20 bits per heavy atom. The fourth-order valence-electron chi connectivity index (χ4n) is 3.77. The molecule has 5 nitrogen and oxygen atoms in total. The van der Waals surface area contributed by atoms with Gasteiger partial charge in [0.05, 0.1) is 6.61 Å². The van der Waals surface area contributed by atoms with Crippen molar-refractivity contribution in [3.05, 3.63) is 11.8 Å². The minimum absolute atomic E-state index is 0.00684. The quantitative estimate of drug-likeness (QED) is 0.793. The zero-order valence-electron chi connectivity index (χ0n) is 12.0. The third kappa shape index (κ3) is 2.72. The minimum atomic E-state index is -0.516. The molecular weight excluding hydrogens is 256 g/mol. The van der Waals surface area contributed by atoms with E-state index >= 15 is 0 Å². The van der Waals surface area contributed by atoms with Crippen LogP contribution in [0.25, 0.3) is 0 Å². The van der Waals surface area contributed by atoms with Gasteiger partial charge >= 0.3 is 11.9 Å². The van der Waals surface area contributed by atoms with E-state index in [2.05, 4.69) is 10.2 Å². The van der Waals surface area contributed by atoms with Crippen molar-refractivity contribution in [1.82, 2.24) is 10.2 Å². The van der Waals surface area contributed by atoms with Crippen LogP contribution in [0.3, 0.4) is 0 Å². The van der Waals surface area contributed by atoms with Crippen LogP contribution in [0, 0.1) is 11.8 Å². The van der Waals surface area contributed by atoms with Crippen molar-refractivity contribution in [2.75, 3.05) is 6.61 Å². The normalized spacial score (nSPS) is 29.8. The Labute approximate surface area is 119 Å². The van der Waals surface area contributed by atoms with Gasteiger partial charge in [-0.25, -0.2) is 4.79 Å². The van der Waals surface area contributed by atoms with Gasteiger partial charge in [-0.05, 0) is 38.0 Å². The summed E-state index contributed by atoms with van der Waals surface area (Å²) in [7, 11) is 0. The summed E-state index contributed by atoms with van der Waals surface area (Å²) in [4.78, 5) is 11.6. The Balaban J connectivity index is 1.66. The van der Waals surface area contributed by atoms with Gasteiger partial charge in [-0.3, -0.25) is 0 Å². The fourth-order valence-corrected chi connectivity index (χ4v) is 3.77. The van der Waals surface area contributed by atoms with Crippen molar-refractivity contribution in [1.29, 1.82) is 0 Å². The number of ether oxygens (including phenoxy) is 1. The van der Waals surface area contributed by atoms with Crippen molar-refractivity contribution in [3.8, 4) is 0 Å². The molecule has 0 spiro atoms.